The van der Waals surface area contributed by atoms with Crippen LogP contribution in [0.5, 0.6) is 0 Å². The van der Waals surface area contributed by atoms with Gasteiger partial charge in [0.2, 0.25) is 5.82 Å². The molecule has 1 N–H and O–H groups in total. The molecule has 0 fully saturated rings. The maximum atomic E-state index is 12.4. The smallest absolute Gasteiger partial charge is 0.298 e. The number of nitrogens with one attached hydrogen (secondary N) is 1. The highest BCUT2D eigenvalue weighted by Gasteiger charge is 2.00. The van der Waals surface area contributed by atoms with Gasteiger partial charge in [-0.2, -0.15) is 4.39 Å². The highest BCUT2D eigenvalue weighted by atomic mass is 19.1. The van der Waals surface area contributed by atoms with Crippen LogP contribution in [-0.2, 0) is 6.54 Å². The van der Waals surface area contributed by atoms with Crippen LogP contribution in [0.15, 0.2) is 15.8 Å². The van der Waals surface area contributed by atoms with Gasteiger partial charge in [0.15, 0.2) is 0 Å². The largest absolute Gasteiger partial charge is 0.328 e. The van der Waals surface area contributed by atoms with Crippen molar-refractivity contribution in [3.05, 3.63) is 32.9 Å². The van der Waals surface area contributed by atoms with Crippen molar-refractivity contribution in [2.45, 2.75) is 13.5 Å². The van der Waals surface area contributed by atoms with Crippen molar-refractivity contribution < 1.29 is 4.39 Å². The van der Waals surface area contributed by atoms with Crippen molar-refractivity contribution in [2.75, 3.05) is 0 Å². The zero-order chi connectivity index (χ0) is 8.43. The van der Waals surface area contributed by atoms with E-state index in [4.69, 9.17) is 0 Å². The van der Waals surface area contributed by atoms with Gasteiger partial charge in [0, 0.05) is 6.54 Å². The number of halogens is 1. The second kappa shape index (κ2) is 2.69. The summed E-state index contributed by atoms with van der Waals surface area (Å²) >= 11 is 0. The van der Waals surface area contributed by atoms with Crippen LogP contribution in [0.4, 0.5) is 4.39 Å². The highest BCUT2D eigenvalue weighted by molar-refractivity contribution is 4.86. The summed E-state index contributed by atoms with van der Waals surface area (Å²) in [6.07, 6.45) is 0.890. The number of aromatic amines is 1. The fraction of sp³-hybridized carbons (Fsp3) is 0.333. The number of nitrogens with zero attached hydrogens (tertiary/aromatic N) is 1. The Bertz CT molecular complexity index is 366. The lowest BCUT2D eigenvalue weighted by atomic mass is 10.6. The van der Waals surface area contributed by atoms with Gasteiger partial charge in [0.1, 0.15) is 0 Å². The molecule has 0 aromatic carbocycles. The first kappa shape index (κ1) is 7.71. The summed E-state index contributed by atoms with van der Waals surface area (Å²) in [5.74, 6) is -0.938. The van der Waals surface area contributed by atoms with E-state index >= 15 is 0 Å². The number of H-pyrrole nitrogens is 1. The van der Waals surface area contributed by atoms with Crippen molar-refractivity contribution in [1.29, 1.82) is 0 Å². The molecule has 11 heavy (non-hydrogen) atoms. The number of aromatic nitrogens is 2. The Kier molecular flexibility index (Phi) is 1.89. The number of hydrogen-bond acceptors (Lipinski definition) is 2. The lowest BCUT2D eigenvalue weighted by Gasteiger charge is -1.97. The summed E-state index contributed by atoms with van der Waals surface area (Å²) in [6, 6.07) is 0. The molecular formula is C6H7FN2O2. The molecule has 1 aromatic heterocycles. The maximum absolute atomic E-state index is 12.4. The monoisotopic (exact) mass is 158 g/mol. The van der Waals surface area contributed by atoms with Crippen molar-refractivity contribution in [1.82, 2.24) is 9.55 Å². The van der Waals surface area contributed by atoms with Crippen molar-refractivity contribution in [3.63, 3.8) is 0 Å². The molecule has 4 nitrogen and oxygen atoms in total. The molecule has 0 aliphatic carbocycles. The Morgan fingerprint density at radius 3 is 2.82 bits per heavy atom. The standard InChI is InChI=1S/C6H7FN2O2/c1-2-9-3-4(7)5(10)8-6(9)11/h3H,2H2,1H3,(H,8,10,11). The van der Waals surface area contributed by atoms with Gasteiger partial charge in [0.25, 0.3) is 5.56 Å². The van der Waals surface area contributed by atoms with E-state index in [-0.39, 0.29) is 0 Å². The first-order valence-corrected chi connectivity index (χ1v) is 3.14. The molecule has 60 valence electrons. The molecule has 0 aliphatic heterocycles. The lowest BCUT2D eigenvalue weighted by Crippen LogP contribution is -2.30. The SMILES string of the molecule is CCn1cc(F)c(=O)[nH]c1=O. The molecular weight excluding hydrogens is 151 g/mol. The molecule has 0 spiro atoms. The molecule has 1 rings (SSSR count). The third-order valence-electron chi connectivity index (χ3n) is 1.31. The van der Waals surface area contributed by atoms with E-state index in [1.165, 1.54) is 0 Å². The van der Waals surface area contributed by atoms with Crippen LogP contribution in [0, 0.1) is 5.82 Å². The molecule has 0 bridgehead atoms. The van der Waals surface area contributed by atoms with Crippen LogP contribution >= 0.6 is 0 Å². The van der Waals surface area contributed by atoms with E-state index < -0.39 is 17.1 Å². The van der Waals surface area contributed by atoms with Gasteiger partial charge in [-0.3, -0.25) is 14.3 Å². The summed E-state index contributed by atoms with van der Waals surface area (Å²) in [7, 11) is 0. The third-order valence-corrected chi connectivity index (χ3v) is 1.31. The summed E-state index contributed by atoms with van der Waals surface area (Å²) in [6.45, 7) is 2.02. The van der Waals surface area contributed by atoms with Crippen molar-refractivity contribution in [2.24, 2.45) is 0 Å². The molecule has 0 radical (unpaired) electrons. The highest BCUT2D eigenvalue weighted by Crippen LogP contribution is 1.82. The van der Waals surface area contributed by atoms with Gasteiger partial charge >= 0.3 is 5.69 Å². The second-order valence-corrected chi connectivity index (χ2v) is 2.02. The van der Waals surface area contributed by atoms with Crippen LogP contribution in [0.1, 0.15) is 6.92 Å². The van der Waals surface area contributed by atoms with Crippen LogP contribution < -0.4 is 11.2 Å². The first-order chi connectivity index (χ1) is 5.15. The predicted octanol–water partition coefficient (Wildman–Crippen LogP) is -0.304. The lowest BCUT2D eigenvalue weighted by molar-refractivity contribution is 0.560. The molecule has 0 saturated carbocycles. The van der Waals surface area contributed by atoms with Crippen molar-refractivity contribution in [3.8, 4) is 0 Å². The van der Waals surface area contributed by atoms with E-state index in [9.17, 15) is 14.0 Å². The summed E-state index contributed by atoms with van der Waals surface area (Å²) in [4.78, 5) is 23.1. The van der Waals surface area contributed by atoms with Gasteiger partial charge in [-0.15, -0.1) is 0 Å². The molecule has 5 heteroatoms. The average molecular weight is 158 g/mol. The summed E-state index contributed by atoms with van der Waals surface area (Å²) in [5, 5.41) is 0. The molecule has 0 saturated heterocycles. The maximum Gasteiger partial charge on any atom is 0.328 e. The average Bonchev–Trinajstić information content (AvgIpc) is 1.97. The van der Waals surface area contributed by atoms with E-state index in [1.54, 1.807) is 6.92 Å². The first-order valence-electron chi connectivity index (χ1n) is 3.14. The Morgan fingerprint density at radius 1 is 1.64 bits per heavy atom. The second-order valence-electron chi connectivity index (χ2n) is 2.02. The molecule has 0 amide bonds. The minimum Gasteiger partial charge on any atom is -0.298 e. The van der Waals surface area contributed by atoms with Crippen molar-refractivity contribution >= 4 is 0 Å². The molecule has 0 atom stereocenters. The molecule has 0 unspecified atom stereocenters. The van der Waals surface area contributed by atoms with Gasteiger partial charge < -0.3 is 0 Å². The molecule has 1 heterocycles. The van der Waals surface area contributed by atoms with Gasteiger partial charge in [-0.1, -0.05) is 0 Å². The van der Waals surface area contributed by atoms with E-state index in [0.717, 1.165) is 10.8 Å². The summed E-state index contributed by atoms with van der Waals surface area (Å²) in [5.41, 5.74) is -1.56. The zero-order valence-corrected chi connectivity index (χ0v) is 5.93. The fourth-order valence-electron chi connectivity index (χ4n) is 0.718. The Balaban J connectivity index is 3.45. The molecule has 0 aliphatic rings. The van der Waals surface area contributed by atoms with E-state index in [0.29, 0.717) is 6.54 Å². The van der Waals surface area contributed by atoms with Gasteiger partial charge in [-0.05, 0) is 6.92 Å². The zero-order valence-electron chi connectivity index (χ0n) is 5.93. The minimum atomic E-state index is -0.973. The molecule has 1 aromatic rings. The van der Waals surface area contributed by atoms with Gasteiger partial charge in [0.05, 0.1) is 6.20 Å². The number of aryl methyl sites for hydroxylation is 1. The van der Waals surface area contributed by atoms with Crippen LogP contribution in [0.25, 0.3) is 0 Å². The quantitative estimate of drug-likeness (QED) is 0.609. The Morgan fingerprint density at radius 2 is 2.27 bits per heavy atom. The van der Waals surface area contributed by atoms with Crippen LogP contribution in [0.2, 0.25) is 0 Å². The minimum absolute atomic E-state index is 0.340. The topological polar surface area (TPSA) is 54.9 Å². The van der Waals surface area contributed by atoms with Crippen LogP contribution in [-0.4, -0.2) is 9.55 Å². The normalized spacial score (nSPS) is 10.0. The summed E-state index contributed by atoms with van der Waals surface area (Å²) < 4.78 is 13.5. The number of hydrogen-bond donors (Lipinski definition) is 1. The predicted molar refractivity (Wildman–Crippen MR) is 37.0 cm³/mol. The fourth-order valence-corrected chi connectivity index (χ4v) is 0.718. The van der Waals surface area contributed by atoms with E-state index in [2.05, 4.69) is 0 Å². The van der Waals surface area contributed by atoms with Gasteiger partial charge in [-0.25, -0.2) is 4.79 Å². The van der Waals surface area contributed by atoms with Crippen LogP contribution in [0.3, 0.4) is 0 Å². The third kappa shape index (κ3) is 1.36. The Labute approximate surface area is 61.3 Å². The Hall–Kier alpha value is -1.39. The number of rotatable bonds is 1. The van der Waals surface area contributed by atoms with E-state index in [1.807, 2.05) is 4.98 Å².